The molecule has 3 nitrogen and oxygen atoms in total. The van der Waals surface area contributed by atoms with Crippen LogP contribution in [0, 0.1) is 5.21 Å². The van der Waals surface area contributed by atoms with Crippen LogP contribution in [0.1, 0.15) is 30.0 Å². The Labute approximate surface area is 130 Å². The molecule has 22 heavy (non-hydrogen) atoms. The van der Waals surface area contributed by atoms with Crippen molar-refractivity contribution < 1.29 is 10.1 Å². The first-order valence-corrected chi connectivity index (χ1v) is 7.46. The molecular formula is C19H19NO2. The van der Waals surface area contributed by atoms with Crippen LogP contribution < -0.4 is 0 Å². The molecule has 1 aliphatic carbocycles. The lowest BCUT2D eigenvalue weighted by atomic mass is 9.69. The summed E-state index contributed by atoms with van der Waals surface area (Å²) >= 11 is 0. The minimum atomic E-state index is -0.502. The van der Waals surface area contributed by atoms with E-state index in [4.69, 9.17) is 0 Å². The number of allylic oxidation sites excluding steroid dienone is 1. The van der Waals surface area contributed by atoms with Gasteiger partial charge in [0.25, 0.3) is 5.71 Å². The fraction of sp³-hybridized carbons (Fsp3) is 0.211. The summed E-state index contributed by atoms with van der Waals surface area (Å²) in [7, 11) is 0. The first-order valence-electron chi connectivity index (χ1n) is 7.46. The van der Waals surface area contributed by atoms with Gasteiger partial charge in [-0.3, -0.25) is 5.21 Å². The summed E-state index contributed by atoms with van der Waals surface area (Å²) in [5.41, 5.74) is 3.30. The fourth-order valence-electron chi connectivity index (χ4n) is 3.21. The highest BCUT2D eigenvalue weighted by Gasteiger charge is 2.41. The predicted molar refractivity (Wildman–Crippen MR) is 88.0 cm³/mol. The van der Waals surface area contributed by atoms with Crippen molar-refractivity contribution in [3.05, 3.63) is 82.6 Å². The molecule has 0 spiro atoms. The molecule has 0 saturated heterocycles. The van der Waals surface area contributed by atoms with E-state index in [2.05, 4.69) is 12.1 Å². The van der Waals surface area contributed by atoms with Crippen LogP contribution in [0.3, 0.4) is 0 Å². The highest BCUT2D eigenvalue weighted by molar-refractivity contribution is 6.05. The van der Waals surface area contributed by atoms with Crippen molar-refractivity contribution in [3.8, 4) is 0 Å². The van der Waals surface area contributed by atoms with Crippen molar-refractivity contribution in [2.24, 2.45) is 0 Å². The van der Waals surface area contributed by atoms with Gasteiger partial charge in [-0.25, -0.2) is 0 Å². The largest absolute Gasteiger partial charge is 0.417 e. The van der Waals surface area contributed by atoms with Gasteiger partial charge in [0.1, 0.15) is 0 Å². The third-order valence-electron chi connectivity index (χ3n) is 4.50. The van der Waals surface area contributed by atoms with Gasteiger partial charge in [-0.2, -0.15) is 0 Å². The molecule has 0 fully saturated rings. The summed E-state index contributed by atoms with van der Waals surface area (Å²) in [6.45, 7) is 2.02. The zero-order chi connectivity index (χ0) is 15.6. The Morgan fingerprint density at radius 2 is 1.68 bits per heavy atom. The monoisotopic (exact) mass is 293 g/mol. The Kier molecular flexibility index (Phi) is 3.72. The smallest absolute Gasteiger partial charge is 0.254 e. The van der Waals surface area contributed by atoms with Crippen LogP contribution in [0.5, 0.6) is 0 Å². The van der Waals surface area contributed by atoms with E-state index in [1.807, 2.05) is 55.5 Å². The predicted octanol–water partition coefficient (Wildman–Crippen LogP) is 3.94. The second-order valence-corrected chi connectivity index (χ2v) is 5.90. The van der Waals surface area contributed by atoms with Crippen LogP contribution >= 0.6 is 0 Å². The van der Waals surface area contributed by atoms with E-state index in [9.17, 15) is 10.4 Å². The lowest BCUT2D eigenvalue weighted by molar-refractivity contribution is -0.727. The van der Waals surface area contributed by atoms with Crippen LogP contribution in [-0.4, -0.2) is 15.8 Å². The van der Waals surface area contributed by atoms with Gasteiger partial charge >= 0.3 is 0 Å². The molecule has 0 amide bonds. The Balaban J connectivity index is 2.00. The average Bonchev–Trinajstić information content (AvgIpc) is 2.54. The number of benzene rings is 2. The van der Waals surface area contributed by atoms with Crippen molar-refractivity contribution in [2.75, 3.05) is 0 Å². The van der Waals surface area contributed by atoms with Gasteiger partial charge in [-0.15, -0.1) is 0 Å². The number of hydrogen-bond donors (Lipinski definition) is 1. The summed E-state index contributed by atoms with van der Waals surface area (Å²) in [6.07, 6.45) is 5.21. The zero-order valence-corrected chi connectivity index (χ0v) is 12.6. The Hall–Kier alpha value is -2.55. The van der Waals surface area contributed by atoms with Crippen molar-refractivity contribution in [3.63, 3.8) is 0 Å². The number of aryl methyl sites for hydroxylation is 1. The first-order chi connectivity index (χ1) is 10.6. The molecule has 0 heterocycles. The Morgan fingerprint density at radius 1 is 1.00 bits per heavy atom. The lowest BCUT2D eigenvalue weighted by Crippen LogP contribution is -2.39. The summed E-state index contributed by atoms with van der Waals surface area (Å²) in [5, 5.41) is 21.1. The second kappa shape index (κ2) is 5.68. The van der Waals surface area contributed by atoms with Crippen LogP contribution in [0.4, 0.5) is 0 Å². The van der Waals surface area contributed by atoms with E-state index in [0.717, 1.165) is 24.0 Å². The van der Waals surface area contributed by atoms with Crippen molar-refractivity contribution >= 4 is 11.8 Å². The van der Waals surface area contributed by atoms with E-state index < -0.39 is 5.41 Å². The molecule has 0 bridgehead atoms. The maximum atomic E-state index is 11.6. The van der Waals surface area contributed by atoms with Crippen molar-refractivity contribution in [1.29, 1.82) is 0 Å². The van der Waals surface area contributed by atoms with E-state index in [1.54, 1.807) is 6.08 Å². The zero-order valence-electron chi connectivity index (χ0n) is 12.6. The molecule has 1 N–H and O–H groups in total. The quantitative estimate of drug-likeness (QED) is 0.529. The average molecular weight is 293 g/mol. The minimum Gasteiger partial charge on any atom is -0.417 e. The lowest BCUT2D eigenvalue weighted by Gasteiger charge is -2.31. The minimum absolute atomic E-state index is 0.0113. The van der Waals surface area contributed by atoms with Gasteiger partial charge in [0.2, 0.25) is 0 Å². The van der Waals surface area contributed by atoms with Gasteiger partial charge in [0, 0.05) is 11.0 Å². The van der Waals surface area contributed by atoms with Gasteiger partial charge in [0.05, 0.1) is 5.41 Å². The van der Waals surface area contributed by atoms with Crippen LogP contribution in [0.15, 0.2) is 60.7 Å². The number of fused-ring (bicyclic) bond motifs is 1. The molecule has 0 aliphatic heterocycles. The number of rotatable bonds is 3. The first kappa shape index (κ1) is 14.4. The topological polar surface area (TPSA) is 46.3 Å². The summed E-state index contributed by atoms with van der Waals surface area (Å²) in [4.78, 5) is 0.0113. The van der Waals surface area contributed by atoms with Crippen molar-refractivity contribution in [2.45, 2.75) is 25.2 Å². The van der Waals surface area contributed by atoms with Crippen molar-refractivity contribution in [1.82, 2.24) is 0 Å². The van der Waals surface area contributed by atoms with E-state index in [1.165, 1.54) is 5.56 Å². The molecule has 0 radical (unpaired) electrons. The SMILES string of the molecule is CC1(CCc2ccccc2)/C(=[N+](\[O-])O)C=Cc2ccccc21. The van der Waals surface area contributed by atoms with E-state index in [-0.39, 0.29) is 4.90 Å². The second-order valence-electron chi connectivity index (χ2n) is 5.90. The fourth-order valence-corrected chi connectivity index (χ4v) is 3.21. The molecule has 0 saturated carbocycles. The Bertz CT molecular complexity index is 730. The molecule has 2 aromatic rings. The third kappa shape index (κ3) is 2.50. The Morgan fingerprint density at radius 3 is 2.41 bits per heavy atom. The molecule has 3 rings (SSSR count). The maximum Gasteiger partial charge on any atom is 0.254 e. The third-order valence-corrected chi connectivity index (χ3v) is 4.50. The highest BCUT2D eigenvalue weighted by Crippen LogP contribution is 2.37. The number of hydrogen-bond acceptors (Lipinski definition) is 2. The molecule has 1 atom stereocenters. The standard InChI is InChI=1S/C19H19NO2/c1-19(14-13-15-7-3-2-4-8-15)17-10-6-5-9-16(17)11-12-18(19)20(21)22/h2-12H,13-14H2,1H3,(H,21,22). The van der Waals surface area contributed by atoms with E-state index in [0.29, 0.717) is 5.71 Å². The van der Waals surface area contributed by atoms with Gasteiger partial charge < -0.3 is 5.21 Å². The van der Waals surface area contributed by atoms with Gasteiger partial charge in [-0.05, 0) is 42.5 Å². The maximum absolute atomic E-state index is 11.6. The summed E-state index contributed by atoms with van der Waals surface area (Å²) < 4.78 is 0. The molecule has 0 aromatic heterocycles. The summed E-state index contributed by atoms with van der Waals surface area (Å²) in [5.74, 6) is 0. The van der Waals surface area contributed by atoms with E-state index >= 15 is 0 Å². The highest BCUT2D eigenvalue weighted by atomic mass is 16.8. The molecule has 1 unspecified atom stereocenters. The molecule has 3 heteroatoms. The van der Waals surface area contributed by atoms with Crippen LogP contribution in [-0.2, 0) is 11.8 Å². The molecule has 1 aliphatic rings. The van der Waals surface area contributed by atoms with Gasteiger partial charge in [-0.1, -0.05) is 54.6 Å². The molecule has 2 aromatic carbocycles. The molecular weight excluding hydrogens is 274 g/mol. The number of nitrogens with zero attached hydrogens (tertiary/aromatic N) is 1. The normalized spacial score (nSPS) is 22.2. The van der Waals surface area contributed by atoms with Crippen LogP contribution in [0.2, 0.25) is 0 Å². The van der Waals surface area contributed by atoms with Crippen LogP contribution in [0.25, 0.3) is 6.08 Å². The van der Waals surface area contributed by atoms with Gasteiger partial charge in [0.15, 0.2) is 0 Å². The molecule has 112 valence electrons. The summed E-state index contributed by atoms with van der Waals surface area (Å²) in [6, 6.07) is 18.2.